The van der Waals surface area contributed by atoms with Gasteiger partial charge >= 0.3 is 0 Å². The molecule has 6 heteroatoms. The normalized spacial score (nSPS) is 11.0. The number of carbonyl (C=O) groups excluding carboxylic acids is 1. The Morgan fingerprint density at radius 1 is 1.14 bits per heavy atom. The predicted molar refractivity (Wildman–Crippen MR) is 115 cm³/mol. The first-order chi connectivity index (χ1) is 13.6. The van der Waals surface area contributed by atoms with Gasteiger partial charge in [-0.15, -0.1) is 11.8 Å². The number of aryl methyl sites for hydroxylation is 1. The van der Waals surface area contributed by atoms with Gasteiger partial charge in [-0.1, -0.05) is 41.6 Å². The molecule has 1 N–H and O–H groups in total. The van der Waals surface area contributed by atoms with Gasteiger partial charge in [0.05, 0.1) is 6.54 Å². The second kappa shape index (κ2) is 10.1. The average Bonchev–Trinajstić information content (AvgIpc) is 3.17. The molecule has 0 atom stereocenters. The maximum Gasteiger partial charge on any atom is 0.238 e. The van der Waals surface area contributed by atoms with Gasteiger partial charge in [0.1, 0.15) is 11.5 Å². The van der Waals surface area contributed by atoms with E-state index in [0.29, 0.717) is 6.54 Å². The largest absolute Gasteiger partial charge is 0.361 e. The van der Waals surface area contributed by atoms with Gasteiger partial charge in [-0.3, -0.25) is 9.69 Å². The van der Waals surface area contributed by atoms with E-state index >= 15 is 0 Å². The molecule has 0 aliphatic heterocycles. The number of likely N-dealkylation sites (N-methyl/N-ethyl adjacent to an activating group) is 1. The van der Waals surface area contributed by atoms with Crippen molar-refractivity contribution < 1.29 is 9.32 Å². The highest BCUT2D eigenvalue weighted by molar-refractivity contribution is 7.98. The Balaban J connectivity index is 1.41. The maximum absolute atomic E-state index is 12.2. The summed E-state index contributed by atoms with van der Waals surface area (Å²) in [7, 11) is 1.95. The lowest BCUT2D eigenvalue weighted by Gasteiger charge is -2.16. The third-order valence-electron chi connectivity index (χ3n) is 4.36. The Morgan fingerprint density at radius 2 is 1.96 bits per heavy atom. The van der Waals surface area contributed by atoms with Crippen LogP contribution in [0.25, 0.3) is 11.3 Å². The van der Waals surface area contributed by atoms with E-state index in [1.165, 1.54) is 0 Å². The molecule has 1 heterocycles. The minimum absolute atomic E-state index is 0.00761. The summed E-state index contributed by atoms with van der Waals surface area (Å²) < 4.78 is 5.43. The number of aromatic nitrogens is 1. The van der Waals surface area contributed by atoms with Crippen LogP contribution in [0.3, 0.4) is 0 Å². The summed E-state index contributed by atoms with van der Waals surface area (Å²) in [4.78, 5) is 15.4. The molecule has 0 radical (unpaired) electrons. The van der Waals surface area contributed by atoms with Crippen LogP contribution >= 0.6 is 11.8 Å². The van der Waals surface area contributed by atoms with E-state index in [-0.39, 0.29) is 5.91 Å². The van der Waals surface area contributed by atoms with E-state index in [4.69, 9.17) is 4.52 Å². The van der Waals surface area contributed by atoms with E-state index in [9.17, 15) is 4.79 Å². The number of anilines is 1. The summed E-state index contributed by atoms with van der Waals surface area (Å²) in [5.41, 5.74) is 2.74. The van der Waals surface area contributed by atoms with Crippen LogP contribution in [-0.2, 0) is 11.2 Å². The smallest absolute Gasteiger partial charge is 0.238 e. The first-order valence-electron chi connectivity index (χ1n) is 9.27. The van der Waals surface area contributed by atoms with Crippen molar-refractivity contribution in [2.75, 3.05) is 31.7 Å². The molecule has 2 aromatic carbocycles. The zero-order valence-corrected chi connectivity index (χ0v) is 17.0. The van der Waals surface area contributed by atoms with Gasteiger partial charge in [-0.2, -0.15) is 0 Å². The summed E-state index contributed by atoms with van der Waals surface area (Å²) in [6.07, 6.45) is 3.71. The molecule has 0 saturated heterocycles. The van der Waals surface area contributed by atoms with Crippen molar-refractivity contribution in [1.29, 1.82) is 0 Å². The number of hydrogen-bond donors (Lipinski definition) is 1. The molecule has 3 aromatic rings. The minimum atomic E-state index is -0.00761. The molecular weight excluding hydrogens is 370 g/mol. The third kappa shape index (κ3) is 5.97. The Labute approximate surface area is 170 Å². The lowest BCUT2D eigenvalue weighted by atomic mass is 10.1. The van der Waals surface area contributed by atoms with Crippen LogP contribution in [0.2, 0.25) is 0 Å². The molecule has 0 unspecified atom stereocenters. The predicted octanol–water partition coefficient (Wildman–Crippen LogP) is 4.57. The molecule has 1 aromatic heterocycles. The summed E-state index contributed by atoms with van der Waals surface area (Å²) >= 11 is 1.66. The zero-order valence-electron chi connectivity index (χ0n) is 16.2. The molecule has 0 saturated carbocycles. The zero-order chi connectivity index (χ0) is 19.8. The second-order valence-corrected chi connectivity index (χ2v) is 7.55. The van der Waals surface area contributed by atoms with Crippen LogP contribution in [0, 0.1) is 0 Å². The lowest BCUT2D eigenvalue weighted by molar-refractivity contribution is -0.117. The summed E-state index contributed by atoms with van der Waals surface area (Å²) in [6.45, 7) is 1.16. The molecule has 5 nitrogen and oxygen atoms in total. The Morgan fingerprint density at radius 3 is 2.75 bits per heavy atom. The van der Waals surface area contributed by atoms with Gasteiger partial charge in [0.15, 0.2) is 0 Å². The maximum atomic E-state index is 12.2. The SMILES string of the molecule is CSc1cccc(NC(=O)CN(C)CCCc2cc(-c3ccccc3)no2)c1. The van der Waals surface area contributed by atoms with Crippen LogP contribution in [-0.4, -0.2) is 42.4 Å². The van der Waals surface area contributed by atoms with E-state index < -0.39 is 0 Å². The van der Waals surface area contributed by atoms with Crippen LogP contribution in [0.4, 0.5) is 5.69 Å². The molecule has 0 fully saturated rings. The number of benzene rings is 2. The second-order valence-electron chi connectivity index (χ2n) is 6.67. The van der Waals surface area contributed by atoms with E-state index in [0.717, 1.165) is 47.0 Å². The van der Waals surface area contributed by atoms with Crippen LogP contribution in [0.1, 0.15) is 12.2 Å². The van der Waals surface area contributed by atoms with Crippen LogP contribution < -0.4 is 5.32 Å². The summed E-state index contributed by atoms with van der Waals surface area (Å²) in [6, 6.07) is 19.8. The van der Waals surface area contributed by atoms with Crippen molar-refractivity contribution >= 4 is 23.4 Å². The van der Waals surface area contributed by atoms with Gasteiger partial charge in [0.25, 0.3) is 0 Å². The molecule has 1 amide bonds. The fourth-order valence-electron chi connectivity index (χ4n) is 2.92. The van der Waals surface area contributed by atoms with Gasteiger partial charge in [-0.25, -0.2) is 0 Å². The number of hydrogen-bond acceptors (Lipinski definition) is 5. The Bertz CT molecular complexity index is 896. The molecular formula is C22H25N3O2S. The van der Waals surface area contributed by atoms with E-state index in [1.54, 1.807) is 11.8 Å². The molecule has 0 bridgehead atoms. The van der Waals surface area contributed by atoms with Crippen molar-refractivity contribution in [2.45, 2.75) is 17.7 Å². The van der Waals surface area contributed by atoms with Crippen molar-refractivity contribution in [3.8, 4) is 11.3 Å². The molecule has 0 aliphatic rings. The third-order valence-corrected chi connectivity index (χ3v) is 5.08. The van der Waals surface area contributed by atoms with Crippen molar-refractivity contribution in [1.82, 2.24) is 10.1 Å². The van der Waals surface area contributed by atoms with E-state index in [2.05, 4.69) is 10.5 Å². The molecule has 3 rings (SSSR count). The molecule has 146 valence electrons. The quantitative estimate of drug-likeness (QED) is 0.538. The Hall–Kier alpha value is -2.57. The monoisotopic (exact) mass is 395 g/mol. The highest BCUT2D eigenvalue weighted by atomic mass is 32.2. The van der Waals surface area contributed by atoms with Crippen molar-refractivity contribution in [3.05, 3.63) is 66.4 Å². The van der Waals surface area contributed by atoms with Gasteiger partial charge < -0.3 is 9.84 Å². The number of rotatable bonds is 9. The molecule has 0 aliphatic carbocycles. The van der Waals surface area contributed by atoms with Crippen molar-refractivity contribution in [3.63, 3.8) is 0 Å². The minimum Gasteiger partial charge on any atom is -0.361 e. The highest BCUT2D eigenvalue weighted by Crippen LogP contribution is 2.20. The first-order valence-corrected chi connectivity index (χ1v) is 10.5. The van der Waals surface area contributed by atoms with Crippen LogP contribution in [0.15, 0.2) is 70.1 Å². The Kier molecular flexibility index (Phi) is 7.28. The van der Waals surface area contributed by atoms with Gasteiger partial charge in [0, 0.05) is 28.6 Å². The molecule has 0 spiro atoms. The van der Waals surface area contributed by atoms with Gasteiger partial charge in [0.2, 0.25) is 5.91 Å². The number of nitrogens with zero attached hydrogens (tertiary/aromatic N) is 2. The number of nitrogens with one attached hydrogen (secondary N) is 1. The highest BCUT2D eigenvalue weighted by Gasteiger charge is 2.09. The lowest BCUT2D eigenvalue weighted by Crippen LogP contribution is -2.31. The average molecular weight is 396 g/mol. The fourth-order valence-corrected chi connectivity index (χ4v) is 3.38. The number of thioether (sulfide) groups is 1. The van der Waals surface area contributed by atoms with Crippen LogP contribution in [0.5, 0.6) is 0 Å². The fraction of sp³-hybridized carbons (Fsp3) is 0.273. The first kappa shape index (κ1) is 20.2. The van der Waals surface area contributed by atoms with E-state index in [1.807, 2.05) is 78.9 Å². The standard InChI is InChI=1S/C22H25N3O2S/c1-25(16-22(26)23-18-10-6-12-20(14-18)28-2)13-7-11-19-15-21(24-27-19)17-8-4-3-5-9-17/h3-6,8-10,12,14-15H,7,11,13,16H2,1-2H3,(H,23,26). The van der Waals surface area contributed by atoms with Crippen molar-refractivity contribution in [2.24, 2.45) is 0 Å². The summed E-state index contributed by atoms with van der Waals surface area (Å²) in [5.74, 6) is 0.859. The topological polar surface area (TPSA) is 58.4 Å². The summed E-state index contributed by atoms with van der Waals surface area (Å²) in [5, 5.41) is 7.09. The number of carbonyl (C=O) groups is 1. The number of amides is 1. The van der Waals surface area contributed by atoms with Gasteiger partial charge in [-0.05, 0) is 44.5 Å². The molecule has 28 heavy (non-hydrogen) atoms.